The maximum absolute atomic E-state index is 13.9. The standard InChI is InChI=1S/C28H26ClF5N2O/c1-16(37)36-11-8-19-12-20(28(32,33)34)4-6-21(19)17-2-5-23(25(29)13-17)24-15-35-10-9-22(24)18-3-7-26(30)27(31)14-18/h2-7,12-14,22,24,35H,8-11,15H2,1H3,(H,36,37)/t22-,24+/m1/s1. The maximum Gasteiger partial charge on any atom is 0.416 e. The van der Waals surface area contributed by atoms with Crippen molar-refractivity contribution in [1.29, 1.82) is 0 Å². The van der Waals surface area contributed by atoms with Gasteiger partial charge < -0.3 is 10.6 Å². The molecule has 1 aliphatic rings. The first-order valence-corrected chi connectivity index (χ1v) is 12.3. The van der Waals surface area contributed by atoms with Crippen LogP contribution in [0.1, 0.15) is 47.4 Å². The van der Waals surface area contributed by atoms with Gasteiger partial charge in [-0.05, 0) is 83.5 Å². The van der Waals surface area contributed by atoms with E-state index < -0.39 is 23.4 Å². The Bertz CT molecular complexity index is 1290. The Morgan fingerprint density at radius 3 is 2.49 bits per heavy atom. The first-order chi connectivity index (χ1) is 17.5. The van der Waals surface area contributed by atoms with E-state index in [0.717, 1.165) is 30.3 Å². The van der Waals surface area contributed by atoms with Crippen LogP contribution in [0.3, 0.4) is 0 Å². The van der Waals surface area contributed by atoms with Gasteiger partial charge in [0.05, 0.1) is 5.56 Å². The van der Waals surface area contributed by atoms with Gasteiger partial charge in [0.15, 0.2) is 11.6 Å². The van der Waals surface area contributed by atoms with Gasteiger partial charge in [-0.3, -0.25) is 4.79 Å². The zero-order valence-corrected chi connectivity index (χ0v) is 20.8. The minimum Gasteiger partial charge on any atom is -0.356 e. The molecule has 3 aromatic rings. The number of piperidine rings is 1. The molecule has 4 rings (SSSR count). The molecule has 1 fully saturated rings. The number of hydrogen-bond acceptors (Lipinski definition) is 2. The van der Waals surface area contributed by atoms with Gasteiger partial charge in [0.2, 0.25) is 5.91 Å². The van der Waals surface area contributed by atoms with Crippen LogP contribution in [0, 0.1) is 11.6 Å². The Balaban J connectivity index is 1.68. The lowest BCUT2D eigenvalue weighted by atomic mass is 9.77. The topological polar surface area (TPSA) is 41.1 Å². The zero-order valence-electron chi connectivity index (χ0n) is 20.1. The Kier molecular flexibility index (Phi) is 8.19. The first-order valence-electron chi connectivity index (χ1n) is 11.9. The lowest BCUT2D eigenvalue weighted by Crippen LogP contribution is -2.34. The van der Waals surface area contributed by atoms with Crippen LogP contribution in [-0.4, -0.2) is 25.5 Å². The van der Waals surface area contributed by atoms with Crippen molar-refractivity contribution < 1.29 is 26.7 Å². The smallest absolute Gasteiger partial charge is 0.356 e. The molecular weight excluding hydrogens is 511 g/mol. The highest BCUT2D eigenvalue weighted by molar-refractivity contribution is 6.31. The lowest BCUT2D eigenvalue weighted by Gasteiger charge is -2.33. The van der Waals surface area contributed by atoms with E-state index in [1.54, 1.807) is 12.1 Å². The molecule has 1 saturated heterocycles. The van der Waals surface area contributed by atoms with Gasteiger partial charge in [0.1, 0.15) is 0 Å². The first kappa shape index (κ1) is 27.1. The molecule has 1 aliphatic heterocycles. The molecule has 0 radical (unpaired) electrons. The van der Waals surface area contributed by atoms with E-state index in [0.29, 0.717) is 40.2 Å². The van der Waals surface area contributed by atoms with Crippen LogP contribution >= 0.6 is 11.6 Å². The quantitative estimate of drug-likeness (QED) is 0.339. The fraction of sp³-hybridized carbons (Fsp3) is 0.321. The van der Waals surface area contributed by atoms with E-state index in [9.17, 15) is 26.7 Å². The molecule has 0 spiro atoms. The molecule has 0 saturated carbocycles. The van der Waals surface area contributed by atoms with Crippen LogP contribution in [0.2, 0.25) is 5.02 Å². The molecular formula is C28H26ClF5N2O. The number of benzene rings is 3. The number of carbonyl (C=O) groups is 1. The summed E-state index contributed by atoms with van der Waals surface area (Å²) < 4.78 is 67.5. The van der Waals surface area contributed by atoms with Crippen molar-refractivity contribution >= 4 is 17.5 Å². The van der Waals surface area contributed by atoms with Crippen molar-refractivity contribution in [2.45, 2.75) is 37.8 Å². The van der Waals surface area contributed by atoms with E-state index in [4.69, 9.17) is 11.6 Å². The Morgan fingerprint density at radius 2 is 1.81 bits per heavy atom. The molecule has 3 aromatic carbocycles. The molecule has 37 heavy (non-hydrogen) atoms. The Labute approximate surface area is 217 Å². The van der Waals surface area contributed by atoms with Gasteiger partial charge in [-0.2, -0.15) is 13.2 Å². The summed E-state index contributed by atoms with van der Waals surface area (Å²) in [5.41, 5.74) is 2.41. The third-order valence-electron chi connectivity index (χ3n) is 6.77. The highest BCUT2D eigenvalue weighted by atomic mass is 35.5. The maximum atomic E-state index is 13.9. The van der Waals surface area contributed by atoms with Crippen molar-refractivity contribution in [1.82, 2.24) is 10.6 Å². The molecule has 0 unspecified atom stereocenters. The molecule has 0 bridgehead atoms. The summed E-state index contributed by atoms with van der Waals surface area (Å²) in [6, 6.07) is 12.9. The summed E-state index contributed by atoms with van der Waals surface area (Å²) in [5.74, 6) is -2.25. The molecule has 1 amide bonds. The Morgan fingerprint density at radius 1 is 1.03 bits per heavy atom. The van der Waals surface area contributed by atoms with E-state index in [1.807, 2.05) is 12.1 Å². The van der Waals surface area contributed by atoms with Crippen LogP contribution in [0.4, 0.5) is 22.0 Å². The number of hydrogen-bond donors (Lipinski definition) is 2. The number of nitrogens with one attached hydrogen (secondary N) is 2. The van der Waals surface area contributed by atoms with Gasteiger partial charge in [0, 0.05) is 31.0 Å². The van der Waals surface area contributed by atoms with Crippen molar-refractivity contribution in [2.75, 3.05) is 19.6 Å². The second-order valence-electron chi connectivity index (χ2n) is 9.22. The molecule has 0 aromatic heterocycles. The third kappa shape index (κ3) is 6.30. The van der Waals surface area contributed by atoms with E-state index in [2.05, 4.69) is 10.6 Å². The summed E-state index contributed by atoms with van der Waals surface area (Å²) in [5, 5.41) is 6.38. The molecule has 2 atom stereocenters. The largest absolute Gasteiger partial charge is 0.416 e. The van der Waals surface area contributed by atoms with Gasteiger partial charge in [0.25, 0.3) is 0 Å². The molecule has 9 heteroatoms. The monoisotopic (exact) mass is 536 g/mol. The molecule has 0 aliphatic carbocycles. The average molecular weight is 537 g/mol. The van der Waals surface area contributed by atoms with Crippen LogP contribution in [0.25, 0.3) is 11.1 Å². The SMILES string of the molecule is CC(=O)NCCc1cc(C(F)(F)F)ccc1-c1ccc([C@H]2CNCC[C@@H]2c2ccc(F)c(F)c2)c(Cl)c1. The molecule has 2 N–H and O–H groups in total. The minimum absolute atomic E-state index is 0.0843. The second-order valence-corrected chi connectivity index (χ2v) is 9.63. The summed E-state index contributed by atoms with van der Waals surface area (Å²) in [6.45, 7) is 2.85. The minimum atomic E-state index is -4.49. The number of rotatable bonds is 6. The fourth-order valence-corrected chi connectivity index (χ4v) is 5.28. The normalized spacial score (nSPS) is 18.0. The average Bonchev–Trinajstić information content (AvgIpc) is 2.85. The third-order valence-corrected chi connectivity index (χ3v) is 7.09. The Hall–Kier alpha value is -2.97. The van der Waals surface area contributed by atoms with Gasteiger partial charge in [-0.1, -0.05) is 35.9 Å². The van der Waals surface area contributed by atoms with Crippen LogP contribution < -0.4 is 10.6 Å². The van der Waals surface area contributed by atoms with Crippen LogP contribution in [-0.2, 0) is 17.4 Å². The molecule has 3 nitrogen and oxygen atoms in total. The summed E-state index contributed by atoms with van der Waals surface area (Å²) in [7, 11) is 0. The summed E-state index contributed by atoms with van der Waals surface area (Å²) in [4.78, 5) is 11.3. The number of amides is 1. The summed E-state index contributed by atoms with van der Waals surface area (Å²) >= 11 is 6.73. The number of alkyl halides is 3. The van der Waals surface area contributed by atoms with Gasteiger partial charge in [-0.25, -0.2) is 8.78 Å². The molecule has 196 valence electrons. The fourth-order valence-electron chi connectivity index (χ4n) is 4.95. The van der Waals surface area contributed by atoms with Gasteiger partial charge >= 0.3 is 6.18 Å². The number of carbonyl (C=O) groups excluding carboxylic acids is 1. The second kappa shape index (κ2) is 11.2. The number of halogens is 6. The van der Waals surface area contributed by atoms with Crippen LogP contribution in [0.5, 0.6) is 0 Å². The van der Waals surface area contributed by atoms with Crippen molar-refractivity contribution in [2.24, 2.45) is 0 Å². The van der Waals surface area contributed by atoms with Gasteiger partial charge in [-0.15, -0.1) is 0 Å². The molecule has 1 heterocycles. The van der Waals surface area contributed by atoms with Crippen molar-refractivity contribution in [3.05, 3.63) is 93.5 Å². The van der Waals surface area contributed by atoms with Crippen molar-refractivity contribution in [3.8, 4) is 11.1 Å². The predicted molar refractivity (Wildman–Crippen MR) is 134 cm³/mol. The highest BCUT2D eigenvalue weighted by Gasteiger charge is 2.32. The zero-order chi connectivity index (χ0) is 26.7. The van der Waals surface area contributed by atoms with E-state index >= 15 is 0 Å². The van der Waals surface area contributed by atoms with Crippen LogP contribution in [0.15, 0.2) is 54.6 Å². The highest BCUT2D eigenvalue weighted by Crippen LogP contribution is 2.42. The van der Waals surface area contributed by atoms with Crippen molar-refractivity contribution in [3.63, 3.8) is 0 Å². The lowest BCUT2D eigenvalue weighted by molar-refractivity contribution is -0.137. The summed E-state index contributed by atoms with van der Waals surface area (Å²) in [6.07, 6.45) is -3.57. The van der Waals surface area contributed by atoms with E-state index in [-0.39, 0.29) is 30.7 Å². The van der Waals surface area contributed by atoms with E-state index in [1.165, 1.54) is 19.1 Å². The predicted octanol–water partition coefficient (Wildman–Crippen LogP) is 6.84.